The average Bonchev–Trinajstić information content (AvgIpc) is 2.58. The van der Waals surface area contributed by atoms with E-state index in [9.17, 15) is 4.79 Å². The van der Waals surface area contributed by atoms with Gasteiger partial charge in [-0.25, -0.2) is 4.79 Å². The molecule has 21 heavy (non-hydrogen) atoms. The number of benzene rings is 1. The molecule has 0 bridgehead atoms. The molecule has 1 aliphatic carbocycles. The van der Waals surface area contributed by atoms with Gasteiger partial charge in [-0.2, -0.15) is 0 Å². The maximum absolute atomic E-state index is 12.4. The van der Waals surface area contributed by atoms with Crippen molar-refractivity contribution in [2.45, 2.75) is 51.5 Å². The Bertz CT molecular complexity index is 515. The van der Waals surface area contributed by atoms with Crippen LogP contribution in [0.3, 0.4) is 0 Å². The molecular weight excluding hydrogens is 330 g/mol. The minimum absolute atomic E-state index is 0.153. The van der Waals surface area contributed by atoms with Gasteiger partial charge in [0.15, 0.2) is 0 Å². The monoisotopic (exact) mass is 353 g/mol. The van der Waals surface area contributed by atoms with Gasteiger partial charge in [0, 0.05) is 10.2 Å². The quantitative estimate of drug-likeness (QED) is 0.628. The second-order valence-corrected chi connectivity index (χ2v) is 7.64. The molecule has 3 nitrogen and oxygen atoms in total. The van der Waals surface area contributed by atoms with Crippen LogP contribution < -0.4 is 5.32 Å². The zero-order valence-electron chi connectivity index (χ0n) is 13.0. The molecule has 1 aromatic rings. The molecule has 2 rings (SSSR count). The van der Waals surface area contributed by atoms with Crippen LogP contribution in [0.2, 0.25) is 0 Å². The fourth-order valence-electron chi connectivity index (χ4n) is 3.09. The summed E-state index contributed by atoms with van der Waals surface area (Å²) in [7, 11) is 1.47. The van der Waals surface area contributed by atoms with Gasteiger partial charge in [-0.05, 0) is 55.7 Å². The van der Waals surface area contributed by atoms with Crippen LogP contribution in [0.5, 0.6) is 0 Å². The molecule has 0 aromatic heterocycles. The Balaban J connectivity index is 2.27. The second kappa shape index (κ2) is 6.39. The number of esters is 1. The molecule has 0 amide bonds. The third kappa shape index (κ3) is 4.00. The van der Waals surface area contributed by atoms with Crippen molar-refractivity contribution in [1.82, 2.24) is 0 Å². The Kier molecular flexibility index (Phi) is 4.97. The van der Waals surface area contributed by atoms with E-state index in [0.717, 1.165) is 42.3 Å². The van der Waals surface area contributed by atoms with Crippen LogP contribution in [0.15, 0.2) is 28.7 Å². The highest BCUT2D eigenvalue weighted by molar-refractivity contribution is 9.10. The van der Waals surface area contributed by atoms with Crippen molar-refractivity contribution >= 4 is 27.6 Å². The molecule has 1 fully saturated rings. The van der Waals surface area contributed by atoms with E-state index in [1.807, 2.05) is 24.3 Å². The van der Waals surface area contributed by atoms with Gasteiger partial charge in [-0.1, -0.05) is 35.8 Å². The first kappa shape index (κ1) is 16.3. The van der Waals surface area contributed by atoms with E-state index >= 15 is 0 Å². The number of rotatable bonds is 3. The number of methoxy groups -OCH3 is 1. The maximum Gasteiger partial charge on any atom is 0.331 e. The van der Waals surface area contributed by atoms with E-state index in [0.29, 0.717) is 0 Å². The first-order valence-electron chi connectivity index (χ1n) is 7.49. The van der Waals surface area contributed by atoms with E-state index in [2.05, 4.69) is 35.1 Å². The van der Waals surface area contributed by atoms with Crippen molar-refractivity contribution in [1.29, 1.82) is 0 Å². The number of carbonyl (C=O) groups is 1. The van der Waals surface area contributed by atoms with Gasteiger partial charge in [0.1, 0.15) is 5.54 Å². The average molecular weight is 354 g/mol. The van der Waals surface area contributed by atoms with Crippen LogP contribution in [-0.2, 0) is 9.53 Å². The number of hydrogen-bond donors (Lipinski definition) is 1. The van der Waals surface area contributed by atoms with Crippen molar-refractivity contribution in [2.24, 2.45) is 5.41 Å². The van der Waals surface area contributed by atoms with Crippen LogP contribution in [-0.4, -0.2) is 18.6 Å². The number of hydrogen-bond acceptors (Lipinski definition) is 3. The summed E-state index contributed by atoms with van der Waals surface area (Å²) < 4.78 is 6.11. The van der Waals surface area contributed by atoms with Gasteiger partial charge in [0.2, 0.25) is 0 Å². The summed E-state index contributed by atoms with van der Waals surface area (Å²) in [6.07, 6.45) is 4.81. The fourth-order valence-corrected chi connectivity index (χ4v) is 3.49. The van der Waals surface area contributed by atoms with Crippen molar-refractivity contribution in [3.63, 3.8) is 0 Å². The molecule has 1 atom stereocenters. The Morgan fingerprint density at radius 1 is 1.24 bits per heavy atom. The standard InChI is InChI=1S/C17H24BrNO2/c1-16(2)8-5-9-17(11-10-16,15(20)21-3)19-14-7-4-6-13(18)12-14/h4,6-7,12,19H,5,8-11H2,1-3H3. The molecule has 0 radical (unpaired) electrons. The van der Waals surface area contributed by atoms with Crippen LogP contribution in [0, 0.1) is 5.41 Å². The zero-order chi connectivity index (χ0) is 15.5. The molecule has 1 unspecified atom stereocenters. The van der Waals surface area contributed by atoms with Gasteiger partial charge in [-0.3, -0.25) is 0 Å². The lowest BCUT2D eigenvalue weighted by molar-refractivity contribution is -0.146. The molecular formula is C17H24BrNO2. The third-order valence-electron chi connectivity index (χ3n) is 4.47. The van der Waals surface area contributed by atoms with Crippen LogP contribution in [0.1, 0.15) is 46.0 Å². The van der Waals surface area contributed by atoms with Gasteiger partial charge in [-0.15, -0.1) is 0 Å². The normalized spacial score (nSPS) is 25.0. The lowest BCUT2D eigenvalue weighted by Gasteiger charge is -2.32. The van der Waals surface area contributed by atoms with Gasteiger partial charge < -0.3 is 10.1 Å². The van der Waals surface area contributed by atoms with E-state index in [4.69, 9.17) is 4.74 Å². The summed E-state index contributed by atoms with van der Waals surface area (Å²) >= 11 is 3.48. The highest BCUT2D eigenvalue weighted by Crippen LogP contribution is 2.40. The lowest BCUT2D eigenvalue weighted by Crippen LogP contribution is -2.47. The van der Waals surface area contributed by atoms with Crippen molar-refractivity contribution in [3.05, 3.63) is 28.7 Å². The second-order valence-electron chi connectivity index (χ2n) is 6.73. The van der Waals surface area contributed by atoms with Crippen molar-refractivity contribution in [3.8, 4) is 0 Å². The maximum atomic E-state index is 12.4. The highest BCUT2D eigenvalue weighted by atomic mass is 79.9. The first-order chi connectivity index (χ1) is 9.87. The largest absolute Gasteiger partial charge is 0.467 e. The molecule has 1 aromatic carbocycles. The predicted octanol–water partition coefficient (Wildman–Crippen LogP) is 4.76. The van der Waals surface area contributed by atoms with Crippen LogP contribution in [0.4, 0.5) is 5.69 Å². The minimum Gasteiger partial charge on any atom is -0.467 e. The molecule has 0 aliphatic heterocycles. The highest BCUT2D eigenvalue weighted by Gasteiger charge is 2.42. The molecule has 4 heteroatoms. The van der Waals surface area contributed by atoms with E-state index < -0.39 is 5.54 Å². The Hall–Kier alpha value is -1.03. The summed E-state index contributed by atoms with van der Waals surface area (Å²) in [6.45, 7) is 4.55. The fraction of sp³-hybridized carbons (Fsp3) is 0.588. The van der Waals surface area contributed by atoms with Crippen molar-refractivity contribution < 1.29 is 9.53 Å². The first-order valence-corrected chi connectivity index (χ1v) is 8.28. The summed E-state index contributed by atoms with van der Waals surface area (Å²) in [6, 6.07) is 7.94. The smallest absolute Gasteiger partial charge is 0.331 e. The molecule has 116 valence electrons. The minimum atomic E-state index is -0.608. The number of nitrogens with one attached hydrogen (secondary N) is 1. The molecule has 0 saturated heterocycles. The van der Waals surface area contributed by atoms with Crippen molar-refractivity contribution in [2.75, 3.05) is 12.4 Å². The Morgan fingerprint density at radius 3 is 2.67 bits per heavy atom. The summed E-state index contributed by atoms with van der Waals surface area (Å²) in [5.41, 5.74) is 0.632. The topological polar surface area (TPSA) is 38.3 Å². The molecule has 0 heterocycles. The molecule has 1 saturated carbocycles. The van der Waals surface area contributed by atoms with E-state index in [1.165, 1.54) is 7.11 Å². The summed E-state index contributed by atoms with van der Waals surface area (Å²) in [5.74, 6) is -0.153. The van der Waals surface area contributed by atoms with Gasteiger partial charge in [0.25, 0.3) is 0 Å². The molecule has 0 spiro atoms. The number of anilines is 1. The number of carbonyl (C=O) groups excluding carboxylic acids is 1. The Labute approximate surface area is 135 Å². The zero-order valence-corrected chi connectivity index (χ0v) is 14.6. The van der Waals surface area contributed by atoms with E-state index in [1.54, 1.807) is 0 Å². The predicted molar refractivity (Wildman–Crippen MR) is 89.4 cm³/mol. The third-order valence-corrected chi connectivity index (χ3v) is 4.96. The summed E-state index contributed by atoms with van der Waals surface area (Å²) in [4.78, 5) is 12.4. The number of ether oxygens (including phenoxy) is 1. The molecule has 1 aliphatic rings. The number of halogens is 1. The van der Waals surface area contributed by atoms with Crippen LogP contribution >= 0.6 is 15.9 Å². The molecule has 1 N–H and O–H groups in total. The van der Waals surface area contributed by atoms with Gasteiger partial charge >= 0.3 is 5.97 Å². The summed E-state index contributed by atoms with van der Waals surface area (Å²) in [5, 5.41) is 3.46. The van der Waals surface area contributed by atoms with E-state index in [-0.39, 0.29) is 11.4 Å². The van der Waals surface area contributed by atoms with Gasteiger partial charge in [0.05, 0.1) is 7.11 Å². The lowest BCUT2D eigenvalue weighted by atomic mass is 9.83. The Morgan fingerprint density at radius 2 is 2.00 bits per heavy atom. The SMILES string of the molecule is COC(=O)C1(Nc2cccc(Br)c2)CCCC(C)(C)CC1. The van der Waals surface area contributed by atoms with Crippen LogP contribution in [0.25, 0.3) is 0 Å².